The molecule has 1 aliphatic heterocycles. The van der Waals surface area contributed by atoms with E-state index in [0.29, 0.717) is 5.41 Å². The molecule has 146 valence electrons. The monoisotopic (exact) mass is 364 g/mol. The fraction of sp³-hybridized carbons (Fsp3) is 0.520. The van der Waals surface area contributed by atoms with Gasteiger partial charge in [-0.25, -0.2) is 0 Å². The predicted molar refractivity (Wildman–Crippen MR) is 117 cm³/mol. The second-order valence-corrected chi connectivity index (χ2v) is 8.28. The smallest absolute Gasteiger partial charge is 0.0345 e. The van der Waals surface area contributed by atoms with E-state index in [9.17, 15) is 0 Å². The van der Waals surface area contributed by atoms with E-state index >= 15 is 0 Å². The molecule has 1 saturated carbocycles. The Labute approximate surface area is 166 Å². The molecule has 2 aromatic carbocycles. The number of nitrogens with one attached hydrogen (secondary N) is 1. The molecule has 0 amide bonds. The van der Waals surface area contributed by atoms with E-state index in [1.54, 1.807) is 0 Å². The third-order valence-corrected chi connectivity index (χ3v) is 6.23. The molecule has 0 aromatic heterocycles. The molecule has 2 nitrogen and oxygen atoms in total. The van der Waals surface area contributed by atoms with Crippen LogP contribution in [0.2, 0.25) is 0 Å². The van der Waals surface area contributed by atoms with Gasteiger partial charge in [-0.15, -0.1) is 0 Å². The number of hydrogen-bond donors (Lipinski definition) is 1. The topological polar surface area (TPSA) is 15.3 Å². The first-order valence-corrected chi connectivity index (χ1v) is 10.7. The average molecular weight is 365 g/mol. The molecule has 1 atom stereocenters. The van der Waals surface area contributed by atoms with Gasteiger partial charge in [0.1, 0.15) is 0 Å². The lowest BCUT2D eigenvalue weighted by atomic mass is 9.90. The number of nitrogens with zero attached hydrogens (tertiary/aromatic N) is 1. The maximum Gasteiger partial charge on any atom is 0.0345 e. The lowest BCUT2D eigenvalue weighted by Crippen LogP contribution is -2.35. The van der Waals surface area contributed by atoms with Crippen LogP contribution in [0.15, 0.2) is 48.5 Å². The number of anilines is 1. The zero-order valence-corrected chi connectivity index (χ0v) is 17.6. The van der Waals surface area contributed by atoms with Gasteiger partial charge in [0.05, 0.1) is 0 Å². The summed E-state index contributed by atoms with van der Waals surface area (Å²) in [7, 11) is 0. The first-order valence-electron chi connectivity index (χ1n) is 10.7. The van der Waals surface area contributed by atoms with Crippen LogP contribution in [0.4, 0.5) is 5.69 Å². The zero-order valence-electron chi connectivity index (χ0n) is 17.6. The van der Waals surface area contributed by atoms with Crippen molar-refractivity contribution >= 4 is 5.69 Å². The van der Waals surface area contributed by atoms with E-state index in [2.05, 4.69) is 72.6 Å². The standard InChI is InChI=1S/C23H30N2.C2H6/c1-18-12-19(2)14-22(13-18)24-16-21-15-23(21)8-10-25(11-9-23)17-20-6-4-3-5-7-20;1-2/h3-7,12-14,21,24H,8-11,15-17H2,1-2H3;1-2H3. The highest BCUT2D eigenvalue weighted by Gasteiger charge is 2.54. The Hall–Kier alpha value is -1.80. The van der Waals surface area contributed by atoms with Gasteiger partial charge in [0, 0.05) is 18.8 Å². The van der Waals surface area contributed by atoms with E-state index in [1.165, 1.54) is 54.7 Å². The third-order valence-electron chi connectivity index (χ3n) is 6.23. The summed E-state index contributed by atoms with van der Waals surface area (Å²) in [5, 5.41) is 3.70. The Morgan fingerprint density at radius 3 is 2.22 bits per heavy atom. The van der Waals surface area contributed by atoms with Gasteiger partial charge < -0.3 is 5.32 Å². The Balaban J connectivity index is 0.00000102. The van der Waals surface area contributed by atoms with Crippen LogP contribution in [0.1, 0.15) is 49.8 Å². The lowest BCUT2D eigenvalue weighted by molar-refractivity contribution is 0.157. The van der Waals surface area contributed by atoms with Gasteiger partial charge in [-0.2, -0.15) is 0 Å². The summed E-state index contributed by atoms with van der Waals surface area (Å²) in [6.07, 6.45) is 4.17. The summed E-state index contributed by atoms with van der Waals surface area (Å²) in [6.45, 7) is 13.1. The van der Waals surface area contributed by atoms with Crippen molar-refractivity contribution in [1.82, 2.24) is 4.90 Å². The summed E-state index contributed by atoms with van der Waals surface area (Å²) in [4.78, 5) is 2.63. The Kier molecular flexibility index (Phi) is 6.59. The molecule has 2 heteroatoms. The first-order chi connectivity index (χ1) is 13.1. The van der Waals surface area contributed by atoms with Crippen LogP contribution in [0.25, 0.3) is 0 Å². The average Bonchev–Trinajstić information content (AvgIpc) is 3.36. The largest absolute Gasteiger partial charge is 0.385 e. The molecule has 0 radical (unpaired) electrons. The number of piperidine rings is 1. The van der Waals surface area contributed by atoms with Crippen molar-refractivity contribution in [2.24, 2.45) is 11.3 Å². The van der Waals surface area contributed by atoms with Crippen LogP contribution in [-0.4, -0.2) is 24.5 Å². The van der Waals surface area contributed by atoms with Gasteiger partial charge in [0.25, 0.3) is 0 Å². The second-order valence-electron chi connectivity index (χ2n) is 8.28. The summed E-state index contributed by atoms with van der Waals surface area (Å²) >= 11 is 0. The van der Waals surface area contributed by atoms with Crippen LogP contribution in [-0.2, 0) is 6.54 Å². The third kappa shape index (κ3) is 5.13. The molecule has 1 saturated heterocycles. The number of aryl methyl sites for hydroxylation is 2. The van der Waals surface area contributed by atoms with Gasteiger partial charge in [-0.1, -0.05) is 50.2 Å². The molecule has 0 bridgehead atoms. The highest BCUT2D eigenvalue weighted by Crippen LogP contribution is 2.59. The van der Waals surface area contributed by atoms with Crippen LogP contribution in [0.3, 0.4) is 0 Å². The van der Waals surface area contributed by atoms with Crippen LogP contribution < -0.4 is 5.32 Å². The molecule has 2 fully saturated rings. The van der Waals surface area contributed by atoms with Crippen LogP contribution in [0, 0.1) is 25.2 Å². The summed E-state index contributed by atoms with van der Waals surface area (Å²) in [6, 6.07) is 17.7. The minimum Gasteiger partial charge on any atom is -0.385 e. The zero-order chi connectivity index (χ0) is 19.3. The van der Waals surface area contributed by atoms with Crippen molar-refractivity contribution in [2.45, 2.75) is 53.5 Å². The summed E-state index contributed by atoms with van der Waals surface area (Å²) in [5.41, 5.74) is 6.08. The molecule has 4 rings (SSSR count). The van der Waals surface area contributed by atoms with Gasteiger partial charge >= 0.3 is 0 Å². The van der Waals surface area contributed by atoms with Crippen molar-refractivity contribution in [1.29, 1.82) is 0 Å². The minimum atomic E-state index is 0.638. The minimum absolute atomic E-state index is 0.638. The molecule has 1 spiro atoms. The van der Waals surface area contributed by atoms with E-state index in [-0.39, 0.29) is 0 Å². The Morgan fingerprint density at radius 1 is 0.963 bits per heavy atom. The van der Waals surface area contributed by atoms with Crippen LogP contribution >= 0.6 is 0 Å². The van der Waals surface area contributed by atoms with Gasteiger partial charge in [-0.3, -0.25) is 4.90 Å². The molecular formula is C25H36N2. The van der Waals surface area contributed by atoms with Crippen molar-refractivity contribution in [2.75, 3.05) is 25.0 Å². The first kappa shape index (κ1) is 19.9. The number of benzene rings is 2. The quantitative estimate of drug-likeness (QED) is 0.695. The molecular weight excluding hydrogens is 328 g/mol. The van der Waals surface area contributed by atoms with E-state index in [4.69, 9.17) is 0 Å². The van der Waals surface area contributed by atoms with E-state index in [1.807, 2.05) is 13.8 Å². The second kappa shape index (κ2) is 8.93. The van der Waals surface area contributed by atoms with Crippen molar-refractivity contribution in [3.05, 3.63) is 65.2 Å². The molecule has 2 aliphatic rings. The van der Waals surface area contributed by atoms with Crippen molar-refractivity contribution in [3.63, 3.8) is 0 Å². The van der Waals surface area contributed by atoms with Crippen molar-refractivity contribution < 1.29 is 0 Å². The molecule has 1 heterocycles. The Morgan fingerprint density at radius 2 is 1.59 bits per heavy atom. The Bertz CT molecular complexity index is 694. The highest BCUT2D eigenvalue weighted by atomic mass is 15.1. The number of likely N-dealkylation sites (tertiary alicyclic amines) is 1. The van der Waals surface area contributed by atoms with Crippen LogP contribution in [0.5, 0.6) is 0 Å². The SMILES string of the molecule is CC.Cc1cc(C)cc(NCC2CC23CCN(Cc2ccccc2)CC3)c1. The fourth-order valence-electron chi connectivity index (χ4n) is 4.65. The van der Waals surface area contributed by atoms with Gasteiger partial charge in [0.15, 0.2) is 0 Å². The summed E-state index contributed by atoms with van der Waals surface area (Å²) in [5.74, 6) is 0.868. The molecule has 1 unspecified atom stereocenters. The van der Waals surface area contributed by atoms with Gasteiger partial charge in [-0.05, 0) is 86.4 Å². The molecule has 1 N–H and O–H groups in total. The van der Waals surface area contributed by atoms with Crippen molar-refractivity contribution in [3.8, 4) is 0 Å². The maximum atomic E-state index is 3.70. The molecule has 1 aliphatic carbocycles. The normalized spacial score (nSPS) is 20.7. The lowest BCUT2D eigenvalue weighted by Gasteiger charge is -2.33. The fourth-order valence-corrected chi connectivity index (χ4v) is 4.65. The number of rotatable bonds is 5. The molecule has 27 heavy (non-hydrogen) atoms. The van der Waals surface area contributed by atoms with Gasteiger partial charge in [0.2, 0.25) is 0 Å². The predicted octanol–water partition coefficient (Wildman–Crippen LogP) is 6.04. The van der Waals surface area contributed by atoms with E-state index in [0.717, 1.165) is 19.0 Å². The van der Waals surface area contributed by atoms with E-state index < -0.39 is 0 Å². The molecule has 2 aromatic rings. The highest BCUT2D eigenvalue weighted by molar-refractivity contribution is 5.48. The number of hydrogen-bond acceptors (Lipinski definition) is 2. The maximum absolute atomic E-state index is 3.70. The summed E-state index contributed by atoms with van der Waals surface area (Å²) < 4.78 is 0.